The Morgan fingerprint density at radius 1 is 1.24 bits per heavy atom. The third-order valence-corrected chi connectivity index (χ3v) is 6.99. The number of benzene rings is 1. The van der Waals surface area contributed by atoms with Gasteiger partial charge in [-0.1, -0.05) is 43.3 Å². The fourth-order valence-electron chi connectivity index (χ4n) is 3.80. The van der Waals surface area contributed by atoms with Crippen LogP contribution in [0.25, 0.3) is 5.76 Å². The highest BCUT2D eigenvalue weighted by Gasteiger charge is 2.39. The second-order valence-electron chi connectivity index (χ2n) is 8.30. The second-order valence-corrected chi connectivity index (χ2v) is 10.2. The molecule has 1 heterocycles. The summed E-state index contributed by atoms with van der Waals surface area (Å²) in [6.07, 6.45) is 3.00. The molecule has 0 aromatic heterocycles. The van der Waals surface area contributed by atoms with Crippen LogP contribution >= 0.6 is 0 Å². The summed E-state index contributed by atoms with van der Waals surface area (Å²) < 4.78 is 37.1. The van der Waals surface area contributed by atoms with Crippen LogP contribution in [0.2, 0.25) is 0 Å². The van der Waals surface area contributed by atoms with Crippen LogP contribution in [0.3, 0.4) is 0 Å². The molecule has 1 aromatic rings. The average molecular weight is 479 g/mol. The number of amidine groups is 1. The average Bonchev–Trinajstić information content (AvgIpc) is 2.75. The lowest BCUT2D eigenvalue weighted by molar-refractivity contribution is -0.155. The number of carboxylic acid groups (broad SMARTS) is 1. The van der Waals surface area contributed by atoms with Crippen LogP contribution in [0.5, 0.6) is 0 Å². The zero-order valence-corrected chi connectivity index (χ0v) is 20.5. The van der Waals surface area contributed by atoms with E-state index in [2.05, 4.69) is 18.2 Å². The molecule has 9 heteroatoms. The van der Waals surface area contributed by atoms with E-state index in [9.17, 15) is 18.3 Å². The SMILES string of the molecule is C=C(/N=C(\CC)N(CCCC1(C(=O)O)CCOCC1)S(C)(=O)=O)OC(=C)c1ccc(C)cc1. The molecular weight excluding hydrogens is 444 g/mol. The largest absolute Gasteiger partial charge is 0.481 e. The van der Waals surface area contributed by atoms with Gasteiger partial charge >= 0.3 is 5.97 Å². The minimum atomic E-state index is -3.64. The van der Waals surface area contributed by atoms with E-state index >= 15 is 0 Å². The van der Waals surface area contributed by atoms with Crippen molar-refractivity contribution >= 4 is 27.6 Å². The molecule has 1 fully saturated rings. The molecule has 0 atom stereocenters. The van der Waals surface area contributed by atoms with Gasteiger partial charge in [-0.05, 0) is 39.2 Å². The molecule has 0 radical (unpaired) electrons. The second kappa shape index (κ2) is 11.5. The number of carbonyl (C=O) groups is 1. The normalized spacial score (nSPS) is 16.2. The van der Waals surface area contributed by atoms with Crippen LogP contribution in [0.4, 0.5) is 0 Å². The molecule has 0 amide bonds. The highest BCUT2D eigenvalue weighted by Crippen LogP contribution is 2.36. The van der Waals surface area contributed by atoms with Crippen molar-refractivity contribution in [1.29, 1.82) is 0 Å². The van der Waals surface area contributed by atoms with Gasteiger partial charge < -0.3 is 14.6 Å². The highest BCUT2D eigenvalue weighted by atomic mass is 32.2. The number of nitrogens with zero attached hydrogens (tertiary/aromatic N) is 2. The Hall–Kier alpha value is -2.65. The monoisotopic (exact) mass is 478 g/mol. The number of rotatable bonds is 11. The summed E-state index contributed by atoms with van der Waals surface area (Å²) >= 11 is 0. The van der Waals surface area contributed by atoms with Crippen molar-refractivity contribution in [2.45, 2.75) is 46.0 Å². The Morgan fingerprint density at radius 3 is 2.36 bits per heavy atom. The summed E-state index contributed by atoms with van der Waals surface area (Å²) in [5, 5.41) is 9.73. The van der Waals surface area contributed by atoms with Crippen molar-refractivity contribution in [2.75, 3.05) is 26.0 Å². The molecule has 0 spiro atoms. The van der Waals surface area contributed by atoms with Crippen LogP contribution in [-0.2, 0) is 24.3 Å². The molecule has 1 N–H and O–H groups in total. The van der Waals surface area contributed by atoms with E-state index in [4.69, 9.17) is 9.47 Å². The number of ether oxygens (including phenoxy) is 2. The minimum absolute atomic E-state index is 0.0255. The lowest BCUT2D eigenvalue weighted by Crippen LogP contribution is -2.40. The molecule has 2 rings (SSSR count). The quantitative estimate of drug-likeness (QED) is 0.290. The van der Waals surface area contributed by atoms with Gasteiger partial charge in [-0.15, -0.1) is 0 Å². The van der Waals surface area contributed by atoms with Gasteiger partial charge in [-0.25, -0.2) is 8.42 Å². The molecule has 182 valence electrons. The topological polar surface area (TPSA) is 106 Å². The molecule has 1 aliphatic rings. The predicted octanol–water partition coefficient (Wildman–Crippen LogP) is 4.19. The first-order valence-corrected chi connectivity index (χ1v) is 12.8. The van der Waals surface area contributed by atoms with Gasteiger partial charge in [0.2, 0.25) is 15.9 Å². The van der Waals surface area contributed by atoms with E-state index in [1.807, 2.05) is 31.2 Å². The minimum Gasteiger partial charge on any atom is -0.481 e. The van der Waals surface area contributed by atoms with E-state index in [-0.39, 0.29) is 18.3 Å². The summed E-state index contributed by atoms with van der Waals surface area (Å²) in [5.41, 5.74) is 0.986. The van der Waals surface area contributed by atoms with Gasteiger partial charge in [-0.3, -0.25) is 9.10 Å². The number of aliphatic imine (C=N–C) groups is 1. The zero-order chi connectivity index (χ0) is 24.6. The zero-order valence-electron chi connectivity index (χ0n) is 19.7. The van der Waals surface area contributed by atoms with Crippen LogP contribution in [0, 0.1) is 12.3 Å². The number of hydrogen-bond acceptors (Lipinski definition) is 6. The molecule has 0 unspecified atom stereocenters. The van der Waals surface area contributed by atoms with Crippen LogP contribution < -0.4 is 0 Å². The van der Waals surface area contributed by atoms with Crippen LogP contribution in [0.1, 0.15) is 50.2 Å². The number of hydrogen-bond donors (Lipinski definition) is 1. The molecule has 0 aliphatic carbocycles. The molecule has 1 aromatic carbocycles. The van der Waals surface area contributed by atoms with Gasteiger partial charge in [-0.2, -0.15) is 4.99 Å². The van der Waals surface area contributed by atoms with Gasteiger partial charge in [0.1, 0.15) is 11.6 Å². The fourth-order valence-corrected chi connectivity index (χ4v) is 4.81. The first-order valence-electron chi connectivity index (χ1n) is 11.0. The van der Waals surface area contributed by atoms with Crippen LogP contribution in [-0.4, -0.2) is 55.6 Å². The van der Waals surface area contributed by atoms with E-state index in [1.165, 1.54) is 4.31 Å². The highest BCUT2D eigenvalue weighted by molar-refractivity contribution is 7.88. The van der Waals surface area contributed by atoms with E-state index in [0.29, 0.717) is 51.1 Å². The van der Waals surface area contributed by atoms with Crippen LogP contribution in [0.15, 0.2) is 48.3 Å². The van der Waals surface area contributed by atoms with Crippen molar-refractivity contribution < 1.29 is 27.8 Å². The Labute approximate surface area is 196 Å². The third-order valence-electron chi connectivity index (χ3n) is 5.79. The fraction of sp³-hybridized carbons (Fsp3) is 0.500. The van der Waals surface area contributed by atoms with Crippen molar-refractivity contribution in [2.24, 2.45) is 10.4 Å². The predicted molar refractivity (Wildman–Crippen MR) is 129 cm³/mol. The molecule has 8 nitrogen and oxygen atoms in total. The van der Waals surface area contributed by atoms with Gasteiger partial charge in [0, 0.05) is 31.7 Å². The first-order chi connectivity index (χ1) is 15.5. The maximum absolute atomic E-state index is 12.5. The summed E-state index contributed by atoms with van der Waals surface area (Å²) in [5.74, 6) is -0.210. The Morgan fingerprint density at radius 2 is 1.85 bits per heavy atom. The summed E-state index contributed by atoms with van der Waals surface area (Å²) in [6.45, 7) is 12.4. The van der Waals surface area contributed by atoms with E-state index in [1.54, 1.807) is 6.92 Å². The summed E-state index contributed by atoms with van der Waals surface area (Å²) in [7, 11) is -3.64. The molecule has 1 aliphatic heterocycles. The smallest absolute Gasteiger partial charge is 0.309 e. The third kappa shape index (κ3) is 7.43. The van der Waals surface area contributed by atoms with Crippen molar-refractivity contribution in [3.05, 3.63) is 54.4 Å². The number of aryl methyl sites for hydroxylation is 1. The standard InChI is InChI=1S/C24H34N2O6S/c1-6-22(25-20(4)32-19(3)21-10-8-18(2)9-11-21)26(33(5,29)30)15-7-12-24(23(27)28)13-16-31-17-14-24/h8-11H,3-4,6-7,12-17H2,1-2,5H3,(H,27,28)/b25-22+. The Bertz CT molecular complexity index is 992. The van der Waals surface area contributed by atoms with Crippen molar-refractivity contribution in [3.8, 4) is 0 Å². The number of sulfonamides is 1. The van der Waals surface area contributed by atoms with Gasteiger partial charge in [0.25, 0.3) is 0 Å². The molecule has 0 saturated carbocycles. The van der Waals surface area contributed by atoms with Crippen molar-refractivity contribution in [1.82, 2.24) is 4.31 Å². The Kier molecular flexibility index (Phi) is 9.25. The molecular formula is C24H34N2O6S. The Balaban J connectivity index is 2.11. The lowest BCUT2D eigenvalue weighted by atomic mass is 9.76. The summed E-state index contributed by atoms with van der Waals surface area (Å²) in [6, 6.07) is 7.60. The van der Waals surface area contributed by atoms with Crippen molar-refractivity contribution in [3.63, 3.8) is 0 Å². The molecule has 0 bridgehead atoms. The van der Waals surface area contributed by atoms with Gasteiger partial charge in [0.05, 0.1) is 11.7 Å². The van der Waals surface area contributed by atoms with E-state index < -0.39 is 21.4 Å². The van der Waals surface area contributed by atoms with Gasteiger partial charge in [0.15, 0.2) is 0 Å². The molecule has 33 heavy (non-hydrogen) atoms. The number of aliphatic carboxylic acids is 1. The molecule has 1 saturated heterocycles. The maximum atomic E-state index is 12.5. The lowest BCUT2D eigenvalue weighted by Gasteiger charge is -2.34. The van der Waals surface area contributed by atoms with E-state index in [0.717, 1.165) is 17.4 Å². The first kappa shape index (κ1) is 26.6. The number of carboxylic acids is 1. The maximum Gasteiger partial charge on any atom is 0.309 e. The summed E-state index contributed by atoms with van der Waals surface area (Å²) in [4.78, 5) is 16.2.